The normalized spacial score (nSPS) is 21.0. The summed E-state index contributed by atoms with van der Waals surface area (Å²) in [5.74, 6) is 1.13. The van der Waals surface area contributed by atoms with Gasteiger partial charge in [-0.25, -0.2) is 0 Å². The van der Waals surface area contributed by atoms with E-state index in [1.54, 1.807) is 6.92 Å². The zero-order chi connectivity index (χ0) is 17.3. The number of rotatable bonds is 5. The quantitative estimate of drug-likeness (QED) is 0.771. The van der Waals surface area contributed by atoms with Crippen molar-refractivity contribution in [2.75, 3.05) is 24.6 Å². The molecule has 2 fully saturated rings. The number of Topliss-reactive ketones (excluding diaryl/α,β-unsaturated/α-hetero) is 1. The predicted molar refractivity (Wildman–Crippen MR) is 88.8 cm³/mol. The number of aromatic nitrogens is 1. The Kier molecular flexibility index (Phi) is 4.65. The average Bonchev–Trinajstić information content (AvgIpc) is 2.96. The van der Waals surface area contributed by atoms with Crippen LogP contribution >= 0.6 is 0 Å². The van der Waals surface area contributed by atoms with Crippen LogP contribution in [-0.4, -0.2) is 36.6 Å². The van der Waals surface area contributed by atoms with E-state index in [0.29, 0.717) is 18.2 Å². The van der Waals surface area contributed by atoms with Crippen molar-refractivity contribution in [3.63, 3.8) is 0 Å². The summed E-state index contributed by atoms with van der Waals surface area (Å²) in [4.78, 5) is 25.7. The van der Waals surface area contributed by atoms with Crippen molar-refractivity contribution < 1.29 is 18.8 Å². The number of ether oxygens (including phenoxy) is 1. The molecule has 1 unspecified atom stereocenters. The molecule has 0 bridgehead atoms. The molecule has 6 nitrogen and oxygen atoms in total. The van der Waals surface area contributed by atoms with E-state index in [9.17, 15) is 9.59 Å². The van der Waals surface area contributed by atoms with Gasteiger partial charge in [-0.1, -0.05) is 19.0 Å². The minimum atomic E-state index is -0.424. The van der Waals surface area contributed by atoms with Crippen LogP contribution in [0.25, 0.3) is 0 Å². The van der Waals surface area contributed by atoms with Crippen molar-refractivity contribution in [3.8, 4) is 0 Å². The van der Waals surface area contributed by atoms with Crippen LogP contribution in [0.1, 0.15) is 58.1 Å². The van der Waals surface area contributed by atoms with Crippen LogP contribution in [-0.2, 0) is 14.3 Å². The van der Waals surface area contributed by atoms with Crippen LogP contribution in [0.5, 0.6) is 0 Å². The van der Waals surface area contributed by atoms with E-state index in [2.05, 4.69) is 10.1 Å². The molecule has 1 aromatic heterocycles. The molecule has 0 aromatic carbocycles. The summed E-state index contributed by atoms with van der Waals surface area (Å²) in [6.45, 7) is 7.87. The van der Waals surface area contributed by atoms with Gasteiger partial charge in [0.15, 0.2) is 11.6 Å². The van der Waals surface area contributed by atoms with Gasteiger partial charge in [0.2, 0.25) is 0 Å². The number of anilines is 1. The van der Waals surface area contributed by atoms with Crippen LogP contribution in [0.4, 0.5) is 5.82 Å². The zero-order valence-corrected chi connectivity index (χ0v) is 14.7. The third-order valence-electron chi connectivity index (χ3n) is 5.32. The van der Waals surface area contributed by atoms with Gasteiger partial charge in [0.1, 0.15) is 11.7 Å². The summed E-state index contributed by atoms with van der Waals surface area (Å²) in [5.41, 5.74) is 0.242. The highest BCUT2D eigenvalue weighted by molar-refractivity contribution is 5.86. The van der Waals surface area contributed by atoms with Gasteiger partial charge < -0.3 is 14.2 Å². The number of nitrogens with zero attached hydrogens (tertiary/aromatic N) is 2. The van der Waals surface area contributed by atoms with Crippen molar-refractivity contribution in [3.05, 3.63) is 11.8 Å². The number of hydrogen-bond acceptors (Lipinski definition) is 6. The van der Waals surface area contributed by atoms with Gasteiger partial charge in [-0.2, -0.15) is 0 Å². The van der Waals surface area contributed by atoms with Crippen LogP contribution in [0.15, 0.2) is 10.6 Å². The highest BCUT2D eigenvalue weighted by Gasteiger charge is 2.45. The van der Waals surface area contributed by atoms with Crippen LogP contribution in [0, 0.1) is 11.3 Å². The van der Waals surface area contributed by atoms with Crippen molar-refractivity contribution in [2.24, 2.45) is 11.3 Å². The number of esters is 1. The lowest BCUT2D eigenvalue weighted by molar-refractivity contribution is -0.146. The largest absolute Gasteiger partial charge is 0.465 e. The molecule has 0 N–H and O–H groups in total. The van der Waals surface area contributed by atoms with E-state index >= 15 is 0 Å². The Morgan fingerprint density at radius 2 is 2.04 bits per heavy atom. The van der Waals surface area contributed by atoms with Gasteiger partial charge >= 0.3 is 5.97 Å². The maximum Gasteiger partial charge on any atom is 0.317 e. The standard InChI is InChI=1S/C18H26N2O4/c1-4-23-17(22)16(12(2)3)14-9-15(19-24-14)20-7-5-18(6-8-20)10-13(21)11-18/h9,12,16H,4-8,10-11H2,1-3H3. The maximum atomic E-state index is 12.2. The predicted octanol–water partition coefficient (Wildman–Crippen LogP) is 2.93. The Morgan fingerprint density at radius 1 is 1.38 bits per heavy atom. The van der Waals surface area contributed by atoms with E-state index in [1.807, 2.05) is 19.9 Å². The minimum absolute atomic E-state index is 0.0791. The summed E-state index contributed by atoms with van der Waals surface area (Å²) >= 11 is 0. The minimum Gasteiger partial charge on any atom is -0.465 e. The van der Waals surface area contributed by atoms with Gasteiger partial charge in [-0.15, -0.1) is 0 Å². The summed E-state index contributed by atoms with van der Waals surface area (Å²) in [6.07, 6.45) is 3.52. The van der Waals surface area contributed by atoms with E-state index < -0.39 is 5.92 Å². The molecule has 1 atom stereocenters. The molecule has 1 spiro atoms. The second-order valence-corrected chi connectivity index (χ2v) is 7.44. The molecular weight excluding hydrogens is 308 g/mol. The van der Waals surface area contributed by atoms with Crippen molar-refractivity contribution in [1.29, 1.82) is 0 Å². The molecule has 6 heteroatoms. The molecule has 24 heavy (non-hydrogen) atoms. The number of carbonyl (C=O) groups is 2. The summed E-state index contributed by atoms with van der Waals surface area (Å²) in [5, 5.41) is 4.17. The molecule has 1 saturated carbocycles. The van der Waals surface area contributed by atoms with Gasteiger partial charge in [0.05, 0.1) is 6.61 Å². The first-order valence-electron chi connectivity index (χ1n) is 8.84. The lowest BCUT2D eigenvalue weighted by atomic mass is 9.62. The Hall–Kier alpha value is -1.85. The fraction of sp³-hybridized carbons (Fsp3) is 0.722. The van der Waals surface area contributed by atoms with E-state index in [4.69, 9.17) is 9.26 Å². The van der Waals surface area contributed by atoms with Gasteiger partial charge in [-0.3, -0.25) is 9.59 Å². The first-order chi connectivity index (χ1) is 11.4. The second kappa shape index (κ2) is 6.57. The molecule has 1 aliphatic heterocycles. The third-order valence-corrected chi connectivity index (χ3v) is 5.32. The van der Waals surface area contributed by atoms with E-state index in [0.717, 1.165) is 44.6 Å². The number of carbonyl (C=O) groups excluding carboxylic acids is 2. The zero-order valence-electron chi connectivity index (χ0n) is 14.7. The molecular formula is C18H26N2O4. The fourth-order valence-electron chi connectivity index (χ4n) is 3.87. The van der Waals surface area contributed by atoms with Crippen LogP contribution in [0.3, 0.4) is 0 Å². The molecule has 2 heterocycles. The lowest BCUT2D eigenvalue weighted by Crippen LogP contribution is -2.47. The number of piperidine rings is 1. The molecule has 1 saturated heterocycles. The second-order valence-electron chi connectivity index (χ2n) is 7.44. The molecule has 2 aliphatic rings. The molecule has 3 rings (SSSR count). The third kappa shape index (κ3) is 3.19. The smallest absolute Gasteiger partial charge is 0.317 e. The van der Waals surface area contributed by atoms with Gasteiger partial charge in [-0.05, 0) is 31.1 Å². The Balaban J connectivity index is 1.66. The van der Waals surface area contributed by atoms with Crippen LogP contribution in [0.2, 0.25) is 0 Å². The Labute approximate surface area is 142 Å². The maximum absolute atomic E-state index is 12.2. The summed E-state index contributed by atoms with van der Waals surface area (Å²) in [6, 6.07) is 1.87. The summed E-state index contributed by atoms with van der Waals surface area (Å²) in [7, 11) is 0. The van der Waals surface area contributed by atoms with Crippen molar-refractivity contribution in [1.82, 2.24) is 5.16 Å². The first-order valence-corrected chi connectivity index (χ1v) is 8.84. The Bertz CT molecular complexity index is 604. The lowest BCUT2D eigenvalue weighted by Gasteiger charge is -2.46. The highest BCUT2D eigenvalue weighted by atomic mass is 16.5. The van der Waals surface area contributed by atoms with Crippen LogP contribution < -0.4 is 4.90 Å². The number of hydrogen-bond donors (Lipinski definition) is 0. The van der Waals surface area contributed by atoms with Gasteiger partial charge in [0.25, 0.3) is 0 Å². The molecule has 1 aromatic rings. The topological polar surface area (TPSA) is 72.6 Å². The van der Waals surface area contributed by atoms with Crippen molar-refractivity contribution >= 4 is 17.6 Å². The molecule has 0 radical (unpaired) electrons. The molecule has 132 valence electrons. The summed E-state index contributed by atoms with van der Waals surface area (Å²) < 4.78 is 10.6. The van der Waals surface area contributed by atoms with Crippen molar-refractivity contribution in [2.45, 2.75) is 52.4 Å². The highest BCUT2D eigenvalue weighted by Crippen LogP contribution is 2.47. The monoisotopic (exact) mass is 334 g/mol. The molecule has 1 aliphatic carbocycles. The molecule has 0 amide bonds. The Morgan fingerprint density at radius 3 is 2.58 bits per heavy atom. The average molecular weight is 334 g/mol. The van der Waals surface area contributed by atoms with Gasteiger partial charge in [0, 0.05) is 32.0 Å². The SMILES string of the molecule is CCOC(=O)C(c1cc(N2CCC3(CC2)CC(=O)C3)no1)C(C)C. The van der Waals surface area contributed by atoms with E-state index in [-0.39, 0.29) is 17.3 Å². The number of ketones is 1. The van der Waals surface area contributed by atoms with E-state index in [1.165, 1.54) is 0 Å². The fourth-order valence-corrected chi connectivity index (χ4v) is 3.87. The first kappa shape index (κ1) is 17.0.